The predicted octanol–water partition coefficient (Wildman–Crippen LogP) is 4.60. The Hall–Kier alpha value is -3.64. The third-order valence-electron chi connectivity index (χ3n) is 5.66. The highest BCUT2D eigenvalue weighted by molar-refractivity contribution is 5.94. The Morgan fingerprint density at radius 3 is 2.09 bits per heavy atom. The van der Waals surface area contributed by atoms with Crippen LogP contribution in [0.3, 0.4) is 0 Å². The maximum atomic E-state index is 13.2. The summed E-state index contributed by atoms with van der Waals surface area (Å²) in [6.07, 6.45) is 1.67. The zero-order chi connectivity index (χ0) is 22.6. The highest BCUT2D eigenvalue weighted by atomic mass is 16.5. The van der Waals surface area contributed by atoms with Crippen molar-refractivity contribution in [2.45, 2.75) is 25.2 Å². The smallest absolute Gasteiger partial charge is 0.277 e. The Balaban J connectivity index is 1.59. The summed E-state index contributed by atoms with van der Waals surface area (Å²) in [7, 11) is 3.25. The molecule has 3 aromatic rings. The van der Waals surface area contributed by atoms with E-state index in [1.807, 2.05) is 85.8 Å². The number of hydrogen-bond donors (Lipinski definition) is 0. The number of carbonyl (C=O) groups excluding carboxylic acids is 1. The molecule has 3 aromatic carbocycles. The molecular formula is C26H26N2O4. The average molecular weight is 431 g/mol. The molecule has 1 fully saturated rings. The zero-order valence-corrected chi connectivity index (χ0v) is 18.4. The second kappa shape index (κ2) is 9.24. The van der Waals surface area contributed by atoms with E-state index in [0.29, 0.717) is 6.61 Å². The molecule has 6 heteroatoms. The summed E-state index contributed by atoms with van der Waals surface area (Å²) in [6, 6.07) is 24.6. The molecule has 0 aliphatic carbocycles. The number of hydrazone groups is 1. The number of benzene rings is 3. The predicted molar refractivity (Wildman–Crippen MR) is 123 cm³/mol. The molecule has 1 amide bonds. The van der Waals surface area contributed by atoms with Crippen molar-refractivity contribution in [3.8, 4) is 11.5 Å². The maximum Gasteiger partial charge on any atom is 0.277 e. The van der Waals surface area contributed by atoms with E-state index in [2.05, 4.69) is 5.10 Å². The molecule has 164 valence electrons. The number of methoxy groups -OCH3 is 2. The van der Waals surface area contributed by atoms with E-state index in [0.717, 1.165) is 28.2 Å². The van der Waals surface area contributed by atoms with E-state index in [1.54, 1.807) is 20.4 Å². The largest absolute Gasteiger partial charge is 0.497 e. The summed E-state index contributed by atoms with van der Waals surface area (Å²) in [5.41, 5.74) is 1.77. The Bertz CT molecular complexity index is 1080. The van der Waals surface area contributed by atoms with E-state index in [9.17, 15) is 4.79 Å². The molecule has 1 heterocycles. The van der Waals surface area contributed by atoms with E-state index in [1.165, 1.54) is 5.01 Å². The fraction of sp³-hybridized carbons (Fsp3) is 0.231. The van der Waals surface area contributed by atoms with Crippen molar-refractivity contribution in [2.24, 2.45) is 5.10 Å². The van der Waals surface area contributed by atoms with Gasteiger partial charge in [-0.25, -0.2) is 5.01 Å². The first-order valence-electron chi connectivity index (χ1n) is 10.4. The number of nitrogens with zero attached hydrogens (tertiary/aromatic N) is 2. The summed E-state index contributed by atoms with van der Waals surface area (Å²) >= 11 is 0. The van der Waals surface area contributed by atoms with Crippen LogP contribution in [0.15, 0.2) is 84.0 Å². The molecule has 0 radical (unpaired) electrons. The van der Waals surface area contributed by atoms with Gasteiger partial charge in [-0.05, 0) is 60.0 Å². The standard InChI is InChI=1S/C26H26N2O4/c1-26(32-18-20-7-5-4-6-8-20)24(21-11-15-23(31-3)16-12-21)28(25(26)29)27-17-19-9-13-22(30-2)14-10-19/h4-17,24H,18H2,1-3H3/b27-17+/t24-,26+/m0/s1. The maximum absolute atomic E-state index is 13.2. The van der Waals surface area contributed by atoms with Crippen LogP contribution in [0, 0.1) is 0 Å². The molecule has 32 heavy (non-hydrogen) atoms. The first-order chi connectivity index (χ1) is 15.5. The van der Waals surface area contributed by atoms with Gasteiger partial charge >= 0.3 is 0 Å². The van der Waals surface area contributed by atoms with Gasteiger partial charge in [0.05, 0.1) is 27.0 Å². The van der Waals surface area contributed by atoms with Crippen LogP contribution in [0.2, 0.25) is 0 Å². The highest BCUT2D eigenvalue weighted by Crippen LogP contribution is 2.46. The normalized spacial score (nSPS) is 20.3. The lowest BCUT2D eigenvalue weighted by Gasteiger charge is -2.51. The van der Waals surface area contributed by atoms with Crippen molar-refractivity contribution in [2.75, 3.05) is 14.2 Å². The third kappa shape index (κ3) is 4.22. The molecule has 0 spiro atoms. The first kappa shape index (κ1) is 21.6. The highest BCUT2D eigenvalue weighted by Gasteiger charge is 2.60. The van der Waals surface area contributed by atoms with Crippen molar-refractivity contribution < 1.29 is 19.0 Å². The van der Waals surface area contributed by atoms with Crippen molar-refractivity contribution in [1.29, 1.82) is 0 Å². The molecule has 0 bridgehead atoms. The summed E-state index contributed by atoms with van der Waals surface area (Å²) in [5, 5.41) is 5.98. The molecule has 0 saturated carbocycles. The number of ether oxygens (including phenoxy) is 3. The van der Waals surface area contributed by atoms with Gasteiger partial charge in [-0.1, -0.05) is 42.5 Å². The molecule has 0 unspecified atom stereocenters. The average Bonchev–Trinajstić information content (AvgIpc) is 2.86. The van der Waals surface area contributed by atoms with Gasteiger partial charge < -0.3 is 14.2 Å². The third-order valence-corrected chi connectivity index (χ3v) is 5.66. The monoisotopic (exact) mass is 430 g/mol. The lowest BCUT2D eigenvalue weighted by Crippen LogP contribution is -2.66. The second-order valence-electron chi connectivity index (χ2n) is 7.72. The van der Waals surface area contributed by atoms with Crippen LogP contribution in [-0.4, -0.2) is 37.0 Å². The van der Waals surface area contributed by atoms with Gasteiger partial charge in [0.15, 0.2) is 5.60 Å². The van der Waals surface area contributed by atoms with Crippen LogP contribution in [0.25, 0.3) is 0 Å². The molecule has 1 saturated heterocycles. The van der Waals surface area contributed by atoms with Gasteiger partial charge in [-0.2, -0.15) is 5.10 Å². The summed E-state index contributed by atoms with van der Waals surface area (Å²) < 4.78 is 16.7. The van der Waals surface area contributed by atoms with Crippen LogP contribution in [0.4, 0.5) is 0 Å². The minimum absolute atomic E-state index is 0.181. The molecule has 0 N–H and O–H groups in total. The second-order valence-corrected chi connectivity index (χ2v) is 7.72. The van der Waals surface area contributed by atoms with Crippen LogP contribution >= 0.6 is 0 Å². The molecule has 1 aliphatic heterocycles. The van der Waals surface area contributed by atoms with E-state index in [-0.39, 0.29) is 11.9 Å². The number of carbonyl (C=O) groups is 1. The number of β-lactam (4-membered cyclic amide) rings is 1. The topological polar surface area (TPSA) is 60.4 Å². The molecule has 6 nitrogen and oxygen atoms in total. The van der Waals surface area contributed by atoms with Crippen molar-refractivity contribution >= 4 is 12.1 Å². The van der Waals surface area contributed by atoms with Gasteiger partial charge in [-0.15, -0.1) is 0 Å². The van der Waals surface area contributed by atoms with Crippen molar-refractivity contribution in [3.63, 3.8) is 0 Å². The number of hydrogen-bond acceptors (Lipinski definition) is 5. The van der Waals surface area contributed by atoms with E-state index >= 15 is 0 Å². The molecule has 1 aliphatic rings. The summed E-state index contributed by atoms with van der Waals surface area (Å²) in [4.78, 5) is 13.2. The van der Waals surface area contributed by atoms with E-state index in [4.69, 9.17) is 14.2 Å². The minimum Gasteiger partial charge on any atom is -0.497 e. The lowest BCUT2D eigenvalue weighted by atomic mass is 9.80. The van der Waals surface area contributed by atoms with Crippen molar-refractivity contribution in [1.82, 2.24) is 5.01 Å². The van der Waals surface area contributed by atoms with E-state index < -0.39 is 5.60 Å². The van der Waals surface area contributed by atoms with Crippen LogP contribution in [0.1, 0.15) is 29.7 Å². The molecule has 2 atom stereocenters. The quantitative estimate of drug-likeness (QED) is 0.387. The Morgan fingerprint density at radius 1 is 0.906 bits per heavy atom. The molecule has 0 aromatic heterocycles. The van der Waals surface area contributed by atoms with Gasteiger partial charge in [-0.3, -0.25) is 4.79 Å². The molecule has 4 rings (SSSR count). The SMILES string of the molecule is COc1ccc(/C=N/N2C(=O)[C@](C)(OCc3ccccc3)[C@@H]2c2ccc(OC)cc2)cc1. The van der Waals surface area contributed by atoms with Gasteiger partial charge in [0.2, 0.25) is 0 Å². The van der Waals surface area contributed by atoms with Crippen LogP contribution in [-0.2, 0) is 16.1 Å². The lowest BCUT2D eigenvalue weighted by molar-refractivity contribution is -0.204. The van der Waals surface area contributed by atoms with Crippen LogP contribution in [0.5, 0.6) is 11.5 Å². The van der Waals surface area contributed by atoms with Crippen molar-refractivity contribution in [3.05, 3.63) is 95.6 Å². The summed E-state index contributed by atoms with van der Waals surface area (Å²) in [6.45, 7) is 2.17. The van der Waals surface area contributed by atoms with Gasteiger partial charge in [0.1, 0.15) is 17.5 Å². The zero-order valence-electron chi connectivity index (χ0n) is 18.4. The first-order valence-corrected chi connectivity index (χ1v) is 10.4. The van der Waals surface area contributed by atoms with Gasteiger partial charge in [0.25, 0.3) is 5.91 Å². The minimum atomic E-state index is -1.03. The summed E-state index contributed by atoms with van der Waals surface area (Å²) in [5.74, 6) is 1.33. The Morgan fingerprint density at radius 2 is 1.50 bits per heavy atom. The Labute approximate surface area is 188 Å². The number of rotatable bonds is 8. The fourth-order valence-corrected chi connectivity index (χ4v) is 3.76. The van der Waals surface area contributed by atoms with Crippen LogP contribution < -0.4 is 9.47 Å². The number of amides is 1. The molecular weight excluding hydrogens is 404 g/mol. The Kier molecular flexibility index (Phi) is 6.23. The van der Waals surface area contributed by atoms with Gasteiger partial charge in [0, 0.05) is 0 Å². The fourth-order valence-electron chi connectivity index (χ4n) is 3.76.